The second kappa shape index (κ2) is 6.61. The van der Waals surface area contributed by atoms with Gasteiger partial charge in [-0.3, -0.25) is 0 Å². The van der Waals surface area contributed by atoms with E-state index in [4.69, 9.17) is 21.0 Å². The fourth-order valence-electron chi connectivity index (χ4n) is 2.59. The van der Waals surface area contributed by atoms with Crippen molar-refractivity contribution >= 4 is 41.9 Å². The van der Waals surface area contributed by atoms with Gasteiger partial charge in [0.2, 0.25) is 0 Å². The van der Waals surface area contributed by atoms with Crippen LogP contribution < -0.4 is 5.46 Å². The van der Waals surface area contributed by atoms with Gasteiger partial charge in [0, 0.05) is 0 Å². The Bertz CT molecular complexity index is 548. The number of hydrogen-bond donors (Lipinski definition) is 1. The maximum atomic E-state index is 12.2. The van der Waals surface area contributed by atoms with Crippen LogP contribution in [0.1, 0.15) is 28.8 Å². The van der Waals surface area contributed by atoms with Gasteiger partial charge in [0.15, 0.2) is 0 Å². The monoisotopic (exact) mass is 326 g/mol. The molecule has 21 heavy (non-hydrogen) atoms. The van der Waals surface area contributed by atoms with Crippen molar-refractivity contribution in [3.05, 3.63) is 28.3 Å². The van der Waals surface area contributed by atoms with Crippen molar-refractivity contribution < 1.29 is 19.2 Å². The van der Waals surface area contributed by atoms with E-state index in [1.807, 2.05) is 11.8 Å². The molecule has 1 N–H and O–H groups in total. The molecule has 0 radical (unpaired) electrons. The van der Waals surface area contributed by atoms with Gasteiger partial charge in [-0.1, -0.05) is 11.6 Å². The van der Waals surface area contributed by atoms with Crippen LogP contribution in [0.15, 0.2) is 12.1 Å². The zero-order valence-electron chi connectivity index (χ0n) is 11.5. The summed E-state index contributed by atoms with van der Waals surface area (Å²) in [4.78, 5) is 12.2. The number of esters is 1. The van der Waals surface area contributed by atoms with Crippen molar-refractivity contribution in [1.29, 1.82) is 0 Å². The van der Waals surface area contributed by atoms with Crippen molar-refractivity contribution in [1.82, 2.24) is 0 Å². The van der Waals surface area contributed by atoms with Crippen LogP contribution in [0.25, 0.3) is 0 Å². The summed E-state index contributed by atoms with van der Waals surface area (Å²) in [5.41, 5.74) is 1.71. The number of ether oxygens (including phenoxy) is 1. The minimum atomic E-state index is -0.987. The Labute approximate surface area is 133 Å². The van der Waals surface area contributed by atoms with Gasteiger partial charge in [-0.15, -0.1) is 0 Å². The molecule has 0 spiro atoms. The topological polar surface area (TPSA) is 55.8 Å². The Morgan fingerprint density at radius 3 is 3.00 bits per heavy atom. The molecule has 0 saturated carbocycles. The van der Waals surface area contributed by atoms with Crippen LogP contribution in [0.5, 0.6) is 0 Å². The number of hydrogen-bond acceptors (Lipinski definition) is 5. The highest BCUT2D eigenvalue weighted by atomic mass is 35.5. The van der Waals surface area contributed by atoms with Gasteiger partial charge in [0.25, 0.3) is 0 Å². The van der Waals surface area contributed by atoms with Crippen molar-refractivity contribution in [3.63, 3.8) is 0 Å². The normalized spacial score (nSPS) is 18.7. The number of carbonyl (C=O) groups is 1. The fraction of sp³-hybridized carbons (Fsp3) is 0.500. The molecule has 1 fully saturated rings. The van der Waals surface area contributed by atoms with Gasteiger partial charge in [0.05, 0.1) is 23.8 Å². The van der Waals surface area contributed by atoms with Gasteiger partial charge in [-0.25, -0.2) is 4.79 Å². The lowest BCUT2D eigenvalue weighted by Gasteiger charge is -2.21. The van der Waals surface area contributed by atoms with E-state index in [1.54, 1.807) is 12.1 Å². The van der Waals surface area contributed by atoms with Crippen molar-refractivity contribution in [2.75, 3.05) is 18.1 Å². The van der Waals surface area contributed by atoms with Crippen molar-refractivity contribution in [2.24, 2.45) is 5.92 Å². The molecule has 7 heteroatoms. The second-order valence-electron chi connectivity index (χ2n) is 5.35. The van der Waals surface area contributed by atoms with Crippen LogP contribution in [0, 0.1) is 5.92 Å². The molecule has 112 valence electrons. The molecule has 3 rings (SSSR count). The number of halogens is 1. The second-order valence-corrected chi connectivity index (χ2v) is 6.98. The lowest BCUT2D eigenvalue weighted by molar-refractivity contribution is 0.0433. The first-order chi connectivity index (χ1) is 10.1. The zero-order valence-corrected chi connectivity index (χ0v) is 13.1. The maximum absolute atomic E-state index is 12.2. The van der Waals surface area contributed by atoms with Crippen molar-refractivity contribution in [2.45, 2.75) is 19.4 Å². The molecule has 2 heterocycles. The van der Waals surface area contributed by atoms with E-state index in [-0.39, 0.29) is 0 Å². The van der Waals surface area contributed by atoms with Gasteiger partial charge in [-0.2, -0.15) is 11.8 Å². The molecule has 0 atom stereocenters. The van der Waals surface area contributed by atoms with E-state index in [1.165, 1.54) is 0 Å². The van der Waals surface area contributed by atoms with Crippen LogP contribution in [0.3, 0.4) is 0 Å². The number of fused-ring (bicyclic) bond motifs is 1. The third-order valence-electron chi connectivity index (χ3n) is 3.90. The molecule has 2 aliphatic rings. The molecular formula is C14H16BClO4S. The first-order valence-corrected chi connectivity index (χ1v) is 8.55. The molecule has 1 saturated heterocycles. The minimum Gasteiger partial charge on any atom is -0.462 e. The smallest absolute Gasteiger partial charge is 0.462 e. The highest BCUT2D eigenvalue weighted by Gasteiger charge is 2.30. The van der Waals surface area contributed by atoms with Crippen molar-refractivity contribution in [3.8, 4) is 0 Å². The third kappa shape index (κ3) is 3.39. The van der Waals surface area contributed by atoms with E-state index >= 15 is 0 Å². The summed E-state index contributed by atoms with van der Waals surface area (Å²) >= 11 is 8.07. The summed E-state index contributed by atoms with van der Waals surface area (Å²) in [5.74, 6) is 2.27. The SMILES string of the molecule is O=C(OCC1CCSCC1)c1cc2c(cc1Cl)COB2O. The lowest BCUT2D eigenvalue weighted by Crippen LogP contribution is -2.29. The lowest BCUT2D eigenvalue weighted by atomic mass is 9.79. The maximum Gasteiger partial charge on any atom is 0.491 e. The van der Waals surface area contributed by atoms with Crippen LogP contribution in [0.4, 0.5) is 0 Å². The van der Waals surface area contributed by atoms with E-state index in [2.05, 4.69) is 0 Å². The Morgan fingerprint density at radius 1 is 1.48 bits per heavy atom. The largest absolute Gasteiger partial charge is 0.491 e. The molecule has 4 nitrogen and oxygen atoms in total. The summed E-state index contributed by atoms with van der Waals surface area (Å²) in [6.07, 6.45) is 2.17. The number of carbonyl (C=O) groups excluding carboxylic acids is 1. The standard InChI is InChI=1S/C14H16BClO4S/c16-13-5-10-8-20-15(18)12(10)6-11(13)14(17)19-7-9-1-3-21-4-2-9/h5-6,9,18H,1-4,7-8H2. The van der Waals surface area contributed by atoms with Gasteiger partial charge in [-0.05, 0) is 53.4 Å². The van der Waals surface area contributed by atoms with Gasteiger partial charge in [0.1, 0.15) is 0 Å². The zero-order chi connectivity index (χ0) is 14.8. The number of thioether (sulfide) groups is 1. The van der Waals surface area contributed by atoms with E-state index < -0.39 is 13.1 Å². The van der Waals surface area contributed by atoms with Crippen LogP contribution in [0.2, 0.25) is 5.02 Å². The van der Waals surface area contributed by atoms with Gasteiger partial charge < -0.3 is 14.4 Å². The highest BCUT2D eigenvalue weighted by Crippen LogP contribution is 2.25. The molecule has 0 aromatic heterocycles. The Morgan fingerprint density at radius 2 is 2.24 bits per heavy atom. The molecule has 1 aromatic carbocycles. The van der Waals surface area contributed by atoms with Crippen LogP contribution >= 0.6 is 23.4 Å². The summed E-state index contributed by atoms with van der Waals surface area (Å²) in [6, 6.07) is 3.25. The minimum absolute atomic E-state index is 0.296. The van der Waals surface area contributed by atoms with E-state index in [9.17, 15) is 9.82 Å². The average molecular weight is 327 g/mol. The summed E-state index contributed by atoms with van der Waals surface area (Å²) < 4.78 is 10.5. The number of rotatable bonds is 3. The Balaban J connectivity index is 1.68. The van der Waals surface area contributed by atoms with E-state index in [0.717, 1.165) is 29.9 Å². The van der Waals surface area contributed by atoms with Crippen LogP contribution in [-0.2, 0) is 16.0 Å². The molecule has 0 bridgehead atoms. The first-order valence-electron chi connectivity index (χ1n) is 7.02. The Hall–Kier alpha value is -0.685. The summed E-state index contributed by atoms with van der Waals surface area (Å²) in [7, 11) is -0.987. The molecule has 0 aliphatic carbocycles. The number of benzene rings is 1. The average Bonchev–Trinajstić information content (AvgIpc) is 2.85. The van der Waals surface area contributed by atoms with E-state index in [0.29, 0.717) is 35.2 Å². The van der Waals surface area contributed by atoms with Crippen LogP contribution in [-0.4, -0.2) is 36.2 Å². The molecule has 2 aliphatic heterocycles. The summed E-state index contributed by atoms with van der Waals surface area (Å²) in [6.45, 7) is 0.747. The molecule has 0 amide bonds. The quantitative estimate of drug-likeness (QED) is 0.679. The highest BCUT2D eigenvalue weighted by molar-refractivity contribution is 7.99. The Kier molecular flexibility index (Phi) is 4.79. The predicted molar refractivity (Wildman–Crippen MR) is 84.2 cm³/mol. The molecule has 1 aromatic rings. The molecular weight excluding hydrogens is 310 g/mol. The third-order valence-corrected chi connectivity index (χ3v) is 5.26. The summed E-state index contributed by atoms with van der Waals surface area (Å²) in [5, 5.41) is 10.0. The van der Waals surface area contributed by atoms with Gasteiger partial charge >= 0.3 is 13.1 Å². The molecule has 0 unspecified atom stereocenters. The first kappa shape index (κ1) is 15.2. The fourth-order valence-corrected chi connectivity index (χ4v) is 4.05. The predicted octanol–water partition coefficient (Wildman–Crippen LogP) is 1.86.